The molecule has 1 atom stereocenters. The fourth-order valence-corrected chi connectivity index (χ4v) is 3.94. The molecule has 0 fully saturated rings. The van der Waals surface area contributed by atoms with Gasteiger partial charge in [-0.2, -0.15) is 0 Å². The molecule has 5 nitrogen and oxygen atoms in total. The molecule has 0 aromatic heterocycles. The van der Waals surface area contributed by atoms with E-state index in [1.165, 1.54) is 0 Å². The number of halogens is 2. The van der Waals surface area contributed by atoms with E-state index in [2.05, 4.69) is 5.32 Å². The van der Waals surface area contributed by atoms with Crippen molar-refractivity contribution in [3.05, 3.63) is 99.5 Å². The van der Waals surface area contributed by atoms with E-state index in [1.54, 1.807) is 35.2 Å². The Morgan fingerprint density at radius 3 is 2.28 bits per heavy atom. The second-order valence-electron chi connectivity index (χ2n) is 9.19. The molecule has 0 aliphatic heterocycles. The molecule has 0 radical (unpaired) electrons. The van der Waals surface area contributed by atoms with Crippen LogP contribution in [-0.4, -0.2) is 35.9 Å². The van der Waals surface area contributed by atoms with Crippen LogP contribution in [0.2, 0.25) is 10.0 Å². The van der Waals surface area contributed by atoms with E-state index in [0.29, 0.717) is 28.8 Å². The van der Waals surface area contributed by atoms with Crippen LogP contribution in [0, 0.1) is 12.8 Å². The van der Waals surface area contributed by atoms with E-state index in [4.69, 9.17) is 27.9 Å². The van der Waals surface area contributed by atoms with Crippen LogP contribution in [0.15, 0.2) is 72.8 Å². The van der Waals surface area contributed by atoms with Crippen molar-refractivity contribution in [3.8, 4) is 5.75 Å². The number of hydrogen-bond donors (Lipinski definition) is 1. The molecule has 1 N–H and O–H groups in total. The number of nitrogens with one attached hydrogen (secondary N) is 1. The number of aryl methyl sites for hydroxylation is 1. The SMILES string of the molecule is Cc1cc(OCC(=O)N(Cc2ccc(Cl)cc2)C(Cc2ccccc2)C(=O)NCC(C)C)ccc1Cl. The summed E-state index contributed by atoms with van der Waals surface area (Å²) in [5, 5.41) is 4.24. The van der Waals surface area contributed by atoms with Gasteiger partial charge in [0.05, 0.1) is 0 Å². The summed E-state index contributed by atoms with van der Waals surface area (Å²) in [7, 11) is 0. The summed E-state index contributed by atoms with van der Waals surface area (Å²) in [4.78, 5) is 28.6. The van der Waals surface area contributed by atoms with Gasteiger partial charge in [-0.15, -0.1) is 0 Å². The van der Waals surface area contributed by atoms with Gasteiger partial charge in [0, 0.05) is 29.6 Å². The van der Waals surface area contributed by atoms with Crippen LogP contribution in [0.25, 0.3) is 0 Å². The first-order valence-electron chi connectivity index (χ1n) is 12.0. The standard InChI is InChI=1S/C29H32Cl2N2O3/c1-20(2)17-32-29(35)27(16-22-7-5-4-6-8-22)33(18-23-9-11-24(30)12-10-23)28(34)19-36-25-13-14-26(31)21(3)15-25/h4-15,20,27H,16-19H2,1-3H3,(H,32,35). The molecular formula is C29H32Cl2N2O3. The van der Waals surface area contributed by atoms with E-state index < -0.39 is 6.04 Å². The van der Waals surface area contributed by atoms with Crippen molar-refractivity contribution in [2.24, 2.45) is 5.92 Å². The summed E-state index contributed by atoms with van der Waals surface area (Å²) in [6.07, 6.45) is 0.379. The Hall–Kier alpha value is -3.02. The first kappa shape index (κ1) is 27.6. The molecule has 1 unspecified atom stereocenters. The van der Waals surface area contributed by atoms with Crippen LogP contribution in [0.4, 0.5) is 0 Å². The van der Waals surface area contributed by atoms with Gasteiger partial charge in [-0.25, -0.2) is 0 Å². The minimum Gasteiger partial charge on any atom is -0.484 e. The van der Waals surface area contributed by atoms with Crippen molar-refractivity contribution in [2.75, 3.05) is 13.2 Å². The number of nitrogens with zero attached hydrogens (tertiary/aromatic N) is 1. The van der Waals surface area contributed by atoms with Crippen LogP contribution in [0.3, 0.4) is 0 Å². The van der Waals surface area contributed by atoms with Crippen molar-refractivity contribution < 1.29 is 14.3 Å². The Morgan fingerprint density at radius 1 is 0.944 bits per heavy atom. The van der Waals surface area contributed by atoms with Crippen molar-refractivity contribution in [2.45, 2.75) is 39.8 Å². The third kappa shape index (κ3) is 8.28. The van der Waals surface area contributed by atoms with Crippen LogP contribution in [-0.2, 0) is 22.6 Å². The molecular weight excluding hydrogens is 495 g/mol. The number of amides is 2. The maximum atomic E-state index is 13.6. The van der Waals surface area contributed by atoms with E-state index >= 15 is 0 Å². The van der Waals surface area contributed by atoms with Gasteiger partial charge in [-0.05, 0) is 59.9 Å². The summed E-state index contributed by atoms with van der Waals surface area (Å²) in [5.41, 5.74) is 2.69. The average Bonchev–Trinajstić information content (AvgIpc) is 2.87. The van der Waals surface area contributed by atoms with Crippen LogP contribution in [0.5, 0.6) is 5.75 Å². The Bertz CT molecular complexity index is 1150. The van der Waals surface area contributed by atoms with Crippen molar-refractivity contribution >= 4 is 35.0 Å². The maximum Gasteiger partial charge on any atom is 0.261 e. The van der Waals surface area contributed by atoms with Crippen LogP contribution >= 0.6 is 23.2 Å². The van der Waals surface area contributed by atoms with Gasteiger partial charge >= 0.3 is 0 Å². The molecule has 3 rings (SSSR count). The number of benzene rings is 3. The quantitative estimate of drug-likeness (QED) is 0.328. The first-order chi connectivity index (χ1) is 17.2. The molecule has 2 amide bonds. The zero-order chi connectivity index (χ0) is 26.1. The third-order valence-corrected chi connectivity index (χ3v) is 6.39. The summed E-state index contributed by atoms with van der Waals surface area (Å²) in [6.45, 7) is 6.49. The summed E-state index contributed by atoms with van der Waals surface area (Å²) in [5.74, 6) is 0.333. The normalized spacial score (nSPS) is 11.7. The van der Waals surface area contributed by atoms with Gasteiger partial charge in [0.25, 0.3) is 5.91 Å². The van der Waals surface area contributed by atoms with E-state index in [-0.39, 0.29) is 30.9 Å². The molecule has 190 valence electrons. The summed E-state index contributed by atoms with van der Waals surface area (Å²) < 4.78 is 5.82. The second kappa shape index (κ2) is 13.3. The fraction of sp³-hybridized carbons (Fsp3) is 0.310. The Balaban J connectivity index is 1.89. The summed E-state index contributed by atoms with van der Waals surface area (Å²) in [6, 6.07) is 21.5. The number of carbonyl (C=O) groups excluding carboxylic acids is 2. The van der Waals surface area contributed by atoms with Crippen LogP contribution in [0.1, 0.15) is 30.5 Å². The molecule has 0 saturated carbocycles. The molecule has 3 aromatic rings. The lowest BCUT2D eigenvalue weighted by molar-refractivity contribution is -0.142. The van der Waals surface area contributed by atoms with E-state index in [9.17, 15) is 9.59 Å². The lowest BCUT2D eigenvalue weighted by Crippen LogP contribution is -2.52. The zero-order valence-electron chi connectivity index (χ0n) is 20.8. The fourth-order valence-electron chi connectivity index (χ4n) is 3.70. The topological polar surface area (TPSA) is 58.6 Å². The highest BCUT2D eigenvalue weighted by atomic mass is 35.5. The van der Waals surface area contributed by atoms with Gasteiger partial charge in [-0.3, -0.25) is 9.59 Å². The predicted molar refractivity (Wildman–Crippen MR) is 145 cm³/mol. The monoisotopic (exact) mass is 526 g/mol. The number of carbonyl (C=O) groups is 2. The number of hydrogen-bond acceptors (Lipinski definition) is 3. The predicted octanol–water partition coefficient (Wildman–Crippen LogP) is 6.09. The minimum absolute atomic E-state index is 0.197. The number of ether oxygens (including phenoxy) is 1. The third-order valence-electron chi connectivity index (χ3n) is 5.71. The Morgan fingerprint density at radius 2 is 1.64 bits per heavy atom. The van der Waals surface area contributed by atoms with Gasteiger partial charge < -0.3 is 15.0 Å². The lowest BCUT2D eigenvalue weighted by atomic mass is 10.0. The van der Waals surface area contributed by atoms with Crippen molar-refractivity contribution in [1.29, 1.82) is 0 Å². The highest BCUT2D eigenvalue weighted by Gasteiger charge is 2.30. The highest BCUT2D eigenvalue weighted by Crippen LogP contribution is 2.22. The minimum atomic E-state index is -0.718. The highest BCUT2D eigenvalue weighted by molar-refractivity contribution is 6.31. The van der Waals surface area contributed by atoms with Crippen LogP contribution < -0.4 is 10.1 Å². The first-order valence-corrected chi connectivity index (χ1v) is 12.7. The number of rotatable bonds is 11. The van der Waals surface area contributed by atoms with Gasteiger partial charge in [0.2, 0.25) is 5.91 Å². The van der Waals surface area contributed by atoms with E-state index in [0.717, 1.165) is 16.7 Å². The van der Waals surface area contributed by atoms with Gasteiger partial charge in [0.15, 0.2) is 6.61 Å². The molecule has 0 spiro atoms. The molecule has 0 aliphatic rings. The van der Waals surface area contributed by atoms with E-state index in [1.807, 2.05) is 63.2 Å². The Labute approximate surface area is 223 Å². The maximum absolute atomic E-state index is 13.6. The van der Waals surface area contributed by atoms with Gasteiger partial charge in [0.1, 0.15) is 11.8 Å². The molecule has 0 saturated heterocycles. The average molecular weight is 527 g/mol. The van der Waals surface area contributed by atoms with Gasteiger partial charge in [-0.1, -0.05) is 79.5 Å². The Kier molecular flexibility index (Phi) is 10.2. The molecule has 36 heavy (non-hydrogen) atoms. The smallest absolute Gasteiger partial charge is 0.261 e. The molecule has 3 aromatic carbocycles. The zero-order valence-corrected chi connectivity index (χ0v) is 22.4. The molecule has 7 heteroatoms. The largest absolute Gasteiger partial charge is 0.484 e. The molecule has 0 bridgehead atoms. The van der Waals surface area contributed by atoms with Crippen molar-refractivity contribution in [1.82, 2.24) is 10.2 Å². The summed E-state index contributed by atoms with van der Waals surface area (Å²) >= 11 is 12.2. The molecule has 0 aliphatic carbocycles. The lowest BCUT2D eigenvalue weighted by Gasteiger charge is -2.31. The molecule has 0 heterocycles. The van der Waals surface area contributed by atoms with Crippen molar-refractivity contribution in [3.63, 3.8) is 0 Å². The second-order valence-corrected chi connectivity index (χ2v) is 10.0.